The van der Waals surface area contributed by atoms with Crippen molar-refractivity contribution in [1.29, 1.82) is 0 Å². The van der Waals surface area contributed by atoms with Crippen LogP contribution in [0.1, 0.15) is 432 Å². The molecule has 0 aliphatic carbocycles. The first kappa shape index (κ1) is 80.9. The second-order valence-electron chi connectivity index (χ2n) is 25.9. The van der Waals surface area contributed by atoms with Crippen LogP contribution in [-0.2, 0) is 28.6 Å². The zero-order valence-electron chi connectivity index (χ0n) is 56.5. The van der Waals surface area contributed by atoms with Crippen molar-refractivity contribution >= 4 is 17.9 Å². The third-order valence-corrected chi connectivity index (χ3v) is 17.5. The van der Waals surface area contributed by atoms with Gasteiger partial charge < -0.3 is 14.2 Å². The molecule has 0 amide bonds. The number of carbonyl (C=O) groups is 3. The standard InChI is InChI=1S/C77H146O6/c1-4-7-10-13-16-19-22-25-28-31-32-33-34-35-36-37-38-39-40-41-42-43-44-45-47-49-52-55-58-61-64-67-70-76(79)82-73-74(72-81-75(78)69-66-63-60-57-54-51-48-30-27-24-21-18-15-12-9-6-3)83-77(80)71-68-65-62-59-56-53-50-46-29-26-23-20-17-14-11-8-5-2/h17,20,26,29,74H,4-16,18-19,21-25,27-28,30-73H2,1-3H3/b20-17-,29-26-. The average molecular weight is 1170 g/mol. The van der Waals surface area contributed by atoms with Crippen LogP contribution >= 0.6 is 0 Å². The third kappa shape index (κ3) is 70.5. The minimum Gasteiger partial charge on any atom is -0.462 e. The van der Waals surface area contributed by atoms with Crippen LogP contribution in [-0.4, -0.2) is 37.2 Å². The topological polar surface area (TPSA) is 78.9 Å². The van der Waals surface area contributed by atoms with Crippen molar-refractivity contribution in [3.63, 3.8) is 0 Å². The van der Waals surface area contributed by atoms with E-state index in [9.17, 15) is 14.4 Å². The Kier molecular flexibility index (Phi) is 70.5. The molecule has 0 radical (unpaired) electrons. The summed E-state index contributed by atoms with van der Waals surface area (Å²) in [5.74, 6) is -0.841. The van der Waals surface area contributed by atoms with E-state index in [4.69, 9.17) is 14.2 Å². The molecule has 0 aliphatic rings. The van der Waals surface area contributed by atoms with Gasteiger partial charge in [-0.25, -0.2) is 0 Å². The number of unbranched alkanes of at least 4 members (excludes halogenated alkanes) is 56. The van der Waals surface area contributed by atoms with Gasteiger partial charge in [-0.15, -0.1) is 0 Å². The zero-order valence-corrected chi connectivity index (χ0v) is 56.5. The molecule has 0 aromatic carbocycles. The Hall–Kier alpha value is -2.11. The highest BCUT2D eigenvalue weighted by Crippen LogP contribution is 2.20. The summed E-state index contributed by atoms with van der Waals surface area (Å²) in [6.45, 7) is 6.70. The molecule has 1 unspecified atom stereocenters. The van der Waals surface area contributed by atoms with E-state index < -0.39 is 6.10 Å². The molecule has 0 saturated carbocycles. The Morgan fingerprint density at radius 2 is 0.434 bits per heavy atom. The number of carbonyl (C=O) groups excluding carboxylic acids is 3. The molecule has 0 rings (SSSR count). The fraction of sp³-hybridized carbons (Fsp3) is 0.909. The summed E-state index contributed by atoms with van der Waals surface area (Å²) in [5, 5.41) is 0. The number of ether oxygens (including phenoxy) is 3. The molecule has 0 spiro atoms. The molecule has 83 heavy (non-hydrogen) atoms. The highest BCUT2D eigenvalue weighted by molar-refractivity contribution is 5.71. The van der Waals surface area contributed by atoms with E-state index in [-0.39, 0.29) is 31.1 Å². The summed E-state index contributed by atoms with van der Waals surface area (Å²) in [6.07, 6.45) is 89.5. The highest BCUT2D eigenvalue weighted by Gasteiger charge is 2.20. The fourth-order valence-electron chi connectivity index (χ4n) is 11.8. The first-order valence-corrected chi connectivity index (χ1v) is 37.8. The molecule has 0 saturated heterocycles. The van der Waals surface area contributed by atoms with Gasteiger partial charge >= 0.3 is 17.9 Å². The monoisotopic (exact) mass is 1170 g/mol. The van der Waals surface area contributed by atoms with Crippen molar-refractivity contribution < 1.29 is 28.6 Å². The summed E-state index contributed by atoms with van der Waals surface area (Å²) in [4.78, 5) is 38.5. The van der Waals surface area contributed by atoms with E-state index >= 15 is 0 Å². The van der Waals surface area contributed by atoms with E-state index in [1.165, 1.54) is 321 Å². The van der Waals surface area contributed by atoms with Crippen LogP contribution in [0, 0.1) is 0 Å². The van der Waals surface area contributed by atoms with E-state index in [0.717, 1.165) is 70.6 Å². The lowest BCUT2D eigenvalue weighted by Crippen LogP contribution is -2.30. The van der Waals surface area contributed by atoms with E-state index in [2.05, 4.69) is 45.1 Å². The molecule has 0 N–H and O–H groups in total. The molecule has 0 aromatic heterocycles. The van der Waals surface area contributed by atoms with Crippen LogP contribution < -0.4 is 0 Å². The van der Waals surface area contributed by atoms with Crippen molar-refractivity contribution in [2.45, 2.75) is 438 Å². The van der Waals surface area contributed by atoms with Gasteiger partial charge in [0.25, 0.3) is 0 Å². The SMILES string of the molecule is CCCCC/C=C\C/C=C\CCCCCCCCCC(=O)OC(COC(=O)CCCCCCCCCCCCCCCCCC)COC(=O)CCCCCCCCCCCCCCCCCCCCCCCCCCCCCCCCCC. The van der Waals surface area contributed by atoms with E-state index in [1.54, 1.807) is 0 Å². The molecule has 0 heterocycles. The second-order valence-corrected chi connectivity index (χ2v) is 25.9. The molecule has 0 aromatic rings. The van der Waals surface area contributed by atoms with E-state index in [0.29, 0.717) is 19.3 Å². The van der Waals surface area contributed by atoms with E-state index in [1.807, 2.05) is 0 Å². The largest absolute Gasteiger partial charge is 0.462 e. The van der Waals surface area contributed by atoms with Crippen molar-refractivity contribution in [2.75, 3.05) is 13.2 Å². The smallest absolute Gasteiger partial charge is 0.306 e. The molecular weight excluding hydrogens is 1020 g/mol. The zero-order chi connectivity index (χ0) is 59.9. The summed E-state index contributed by atoms with van der Waals surface area (Å²) in [7, 11) is 0. The van der Waals surface area contributed by atoms with Crippen molar-refractivity contribution in [3.8, 4) is 0 Å². The molecule has 0 fully saturated rings. The maximum Gasteiger partial charge on any atom is 0.306 e. The molecule has 0 bridgehead atoms. The lowest BCUT2D eigenvalue weighted by atomic mass is 10.0. The van der Waals surface area contributed by atoms with Gasteiger partial charge in [-0.2, -0.15) is 0 Å². The van der Waals surface area contributed by atoms with Crippen LogP contribution in [0.25, 0.3) is 0 Å². The predicted octanol–water partition coefficient (Wildman–Crippen LogP) is 26.1. The Bertz CT molecular complexity index is 1340. The van der Waals surface area contributed by atoms with Gasteiger partial charge in [0, 0.05) is 19.3 Å². The Labute approximate surface area is 519 Å². The van der Waals surface area contributed by atoms with Crippen LogP contribution in [0.4, 0.5) is 0 Å². The summed E-state index contributed by atoms with van der Waals surface area (Å²) >= 11 is 0. The average Bonchev–Trinajstić information content (AvgIpc) is 3.49. The van der Waals surface area contributed by atoms with Crippen LogP contribution in [0.3, 0.4) is 0 Å². The van der Waals surface area contributed by atoms with Crippen LogP contribution in [0.15, 0.2) is 24.3 Å². The Morgan fingerprint density at radius 3 is 0.687 bits per heavy atom. The van der Waals surface area contributed by atoms with Gasteiger partial charge in [-0.1, -0.05) is 385 Å². The van der Waals surface area contributed by atoms with Crippen LogP contribution in [0.5, 0.6) is 0 Å². The maximum atomic E-state index is 12.9. The normalized spacial score (nSPS) is 12.1. The molecule has 6 nitrogen and oxygen atoms in total. The first-order chi connectivity index (χ1) is 41.0. The minimum absolute atomic E-state index is 0.0680. The molecule has 1 atom stereocenters. The molecule has 6 heteroatoms. The summed E-state index contributed by atoms with van der Waals surface area (Å²) in [5.41, 5.74) is 0. The van der Waals surface area contributed by atoms with Crippen molar-refractivity contribution in [1.82, 2.24) is 0 Å². The van der Waals surface area contributed by atoms with Gasteiger partial charge in [0.05, 0.1) is 0 Å². The van der Waals surface area contributed by atoms with Gasteiger partial charge in [0.15, 0.2) is 6.10 Å². The fourth-order valence-corrected chi connectivity index (χ4v) is 11.8. The molecule has 490 valence electrons. The second kappa shape index (κ2) is 72.4. The molecular formula is C77H146O6. The predicted molar refractivity (Wildman–Crippen MR) is 363 cm³/mol. The minimum atomic E-state index is -0.773. The Balaban J connectivity index is 4.14. The molecule has 0 aliphatic heterocycles. The number of allylic oxidation sites excluding steroid dienone is 4. The van der Waals surface area contributed by atoms with Gasteiger partial charge in [-0.3, -0.25) is 14.4 Å². The third-order valence-electron chi connectivity index (χ3n) is 17.5. The summed E-state index contributed by atoms with van der Waals surface area (Å²) < 4.78 is 17.0. The van der Waals surface area contributed by atoms with Crippen molar-refractivity contribution in [3.05, 3.63) is 24.3 Å². The van der Waals surface area contributed by atoms with Gasteiger partial charge in [0.2, 0.25) is 0 Å². The highest BCUT2D eigenvalue weighted by atomic mass is 16.6. The van der Waals surface area contributed by atoms with Gasteiger partial charge in [-0.05, 0) is 51.4 Å². The van der Waals surface area contributed by atoms with Gasteiger partial charge in [0.1, 0.15) is 13.2 Å². The van der Waals surface area contributed by atoms with Crippen molar-refractivity contribution in [2.24, 2.45) is 0 Å². The number of hydrogen-bond donors (Lipinski definition) is 0. The number of esters is 3. The quantitative estimate of drug-likeness (QED) is 0.0261. The Morgan fingerprint density at radius 1 is 0.241 bits per heavy atom. The number of hydrogen-bond acceptors (Lipinski definition) is 6. The van der Waals surface area contributed by atoms with Crippen LogP contribution in [0.2, 0.25) is 0 Å². The lowest BCUT2D eigenvalue weighted by Gasteiger charge is -2.18. The lowest BCUT2D eigenvalue weighted by molar-refractivity contribution is -0.167. The summed E-state index contributed by atoms with van der Waals surface area (Å²) in [6, 6.07) is 0. The number of rotatable bonds is 71. The maximum absolute atomic E-state index is 12.9. The first-order valence-electron chi connectivity index (χ1n) is 37.8.